The van der Waals surface area contributed by atoms with Crippen LogP contribution >= 0.6 is 15.9 Å². The van der Waals surface area contributed by atoms with E-state index in [1.165, 1.54) is 49.8 Å². The number of hydrogen-bond donors (Lipinski definition) is 1. The average molecular weight is 311 g/mol. The summed E-state index contributed by atoms with van der Waals surface area (Å²) < 4.78 is 1.13. The number of nitrogens with zero attached hydrogens (tertiary/aromatic N) is 1. The average Bonchev–Trinajstić information content (AvgIpc) is 2.66. The minimum atomic E-state index is 0.611. The van der Waals surface area contributed by atoms with Crippen molar-refractivity contribution in [2.24, 2.45) is 5.73 Å². The fourth-order valence-corrected chi connectivity index (χ4v) is 3.23. The molecule has 0 heterocycles. The predicted octanol–water partition coefficient (Wildman–Crippen LogP) is 4.07. The van der Waals surface area contributed by atoms with Crippen molar-refractivity contribution in [2.45, 2.75) is 51.1 Å². The van der Waals surface area contributed by atoms with Crippen molar-refractivity contribution < 1.29 is 0 Å². The van der Waals surface area contributed by atoms with Gasteiger partial charge in [0.1, 0.15) is 0 Å². The molecule has 0 amide bonds. The van der Waals surface area contributed by atoms with Crippen LogP contribution in [0.5, 0.6) is 0 Å². The highest BCUT2D eigenvalue weighted by Gasteiger charge is 2.19. The van der Waals surface area contributed by atoms with Crippen molar-refractivity contribution in [1.29, 1.82) is 0 Å². The molecule has 3 heteroatoms. The normalized spacial score (nSPS) is 17.5. The van der Waals surface area contributed by atoms with Crippen LogP contribution in [0.3, 0.4) is 0 Å². The van der Waals surface area contributed by atoms with Crippen molar-refractivity contribution in [1.82, 2.24) is 0 Å². The zero-order chi connectivity index (χ0) is 13.0. The number of halogens is 1. The lowest BCUT2D eigenvalue weighted by Gasteiger charge is -2.31. The lowest BCUT2D eigenvalue weighted by molar-refractivity contribution is 0.551. The van der Waals surface area contributed by atoms with E-state index in [4.69, 9.17) is 5.73 Å². The lowest BCUT2D eigenvalue weighted by atomic mass is 10.0. The number of nitrogens with two attached hydrogens (primary N) is 1. The van der Waals surface area contributed by atoms with Crippen molar-refractivity contribution >= 4 is 21.6 Å². The molecule has 0 unspecified atom stereocenters. The van der Waals surface area contributed by atoms with Crippen molar-refractivity contribution in [3.05, 3.63) is 28.2 Å². The number of hydrogen-bond acceptors (Lipinski definition) is 2. The second-order valence-electron chi connectivity index (χ2n) is 5.23. The Morgan fingerprint density at radius 2 is 1.89 bits per heavy atom. The molecule has 1 fully saturated rings. The van der Waals surface area contributed by atoms with E-state index in [-0.39, 0.29) is 0 Å². The summed E-state index contributed by atoms with van der Waals surface area (Å²) in [4.78, 5) is 2.44. The van der Waals surface area contributed by atoms with Crippen LogP contribution < -0.4 is 10.6 Å². The largest absolute Gasteiger partial charge is 0.371 e. The fraction of sp³-hybridized carbons (Fsp3) is 0.600. The molecule has 1 aliphatic carbocycles. The molecule has 0 bridgehead atoms. The number of anilines is 1. The van der Waals surface area contributed by atoms with Gasteiger partial charge in [-0.1, -0.05) is 47.7 Å². The smallest absolute Gasteiger partial charge is 0.0422 e. The Morgan fingerprint density at radius 1 is 1.22 bits per heavy atom. The fourth-order valence-electron chi connectivity index (χ4n) is 2.88. The highest BCUT2D eigenvalue weighted by molar-refractivity contribution is 9.10. The maximum Gasteiger partial charge on any atom is 0.0422 e. The molecule has 1 saturated carbocycles. The molecule has 18 heavy (non-hydrogen) atoms. The summed E-state index contributed by atoms with van der Waals surface area (Å²) in [5.74, 6) is 0. The molecule has 0 aromatic heterocycles. The second-order valence-corrected chi connectivity index (χ2v) is 6.15. The minimum absolute atomic E-state index is 0.611. The Kier molecular flexibility index (Phi) is 5.07. The molecular weight excluding hydrogens is 288 g/mol. The van der Waals surface area contributed by atoms with E-state index >= 15 is 0 Å². The number of rotatable bonds is 3. The van der Waals surface area contributed by atoms with Gasteiger partial charge in [0.2, 0.25) is 0 Å². The van der Waals surface area contributed by atoms with Crippen LogP contribution in [-0.2, 0) is 6.54 Å². The Balaban J connectivity index is 2.20. The SMILES string of the molecule is CN(c1cc(Br)ccc1CN)C1CCCCCC1. The van der Waals surface area contributed by atoms with Crippen LogP contribution in [0.4, 0.5) is 5.69 Å². The summed E-state index contributed by atoms with van der Waals surface area (Å²) in [6.45, 7) is 0.611. The zero-order valence-electron chi connectivity index (χ0n) is 11.2. The molecule has 1 aromatic rings. The highest BCUT2D eigenvalue weighted by atomic mass is 79.9. The molecule has 2 rings (SSSR count). The van der Waals surface area contributed by atoms with E-state index in [9.17, 15) is 0 Å². The van der Waals surface area contributed by atoms with Crippen LogP contribution in [0.25, 0.3) is 0 Å². The third-order valence-electron chi connectivity index (χ3n) is 4.02. The van der Waals surface area contributed by atoms with Crippen LogP contribution in [0.1, 0.15) is 44.1 Å². The van der Waals surface area contributed by atoms with Gasteiger partial charge in [0.15, 0.2) is 0 Å². The van der Waals surface area contributed by atoms with Gasteiger partial charge in [0, 0.05) is 29.8 Å². The number of benzene rings is 1. The first kappa shape index (κ1) is 13.9. The quantitative estimate of drug-likeness (QED) is 0.853. The van der Waals surface area contributed by atoms with E-state index in [0.29, 0.717) is 12.6 Å². The van der Waals surface area contributed by atoms with Crippen molar-refractivity contribution in [3.8, 4) is 0 Å². The van der Waals surface area contributed by atoms with Gasteiger partial charge < -0.3 is 10.6 Å². The predicted molar refractivity (Wildman–Crippen MR) is 81.9 cm³/mol. The minimum Gasteiger partial charge on any atom is -0.371 e. The molecule has 0 radical (unpaired) electrons. The molecule has 2 nitrogen and oxygen atoms in total. The Hall–Kier alpha value is -0.540. The summed E-state index contributed by atoms with van der Waals surface area (Å²) in [6, 6.07) is 7.08. The first-order valence-electron chi connectivity index (χ1n) is 6.93. The maximum absolute atomic E-state index is 5.86. The van der Waals surface area contributed by atoms with E-state index < -0.39 is 0 Å². The molecule has 0 aliphatic heterocycles. The van der Waals surface area contributed by atoms with Gasteiger partial charge in [0.25, 0.3) is 0 Å². The van der Waals surface area contributed by atoms with Gasteiger partial charge in [-0.2, -0.15) is 0 Å². The van der Waals surface area contributed by atoms with E-state index in [1.54, 1.807) is 0 Å². The Bertz CT molecular complexity index is 384. The topological polar surface area (TPSA) is 29.3 Å². The van der Waals surface area contributed by atoms with Gasteiger partial charge in [-0.25, -0.2) is 0 Å². The first-order chi connectivity index (χ1) is 8.72. The van der Waals surface area contributed by atoms with Crippen LogP contribution in [0, 0.1) is 0 Å². The van der Waals surface area contributed by atoms with Crippen LogP contribution in [0.15, 0.2) is 22.7 Å². The van der Waals surface area contributed by atoms with Gasteiger partial charge in [-0.05, 0) is 30.5 Å². The van der Waals surface area contributed by atoms with E-state index in [0.717, 1.165) is 4.47 Å². The van der Waals surface area contributed by atoms with Crippen LogP contribution in [-0.4, -0.2) is 13.1 Å². The monoisotopic (exact) mass is 310 g/mol. The Labute approximate surface area is 119 Å². The summed E-state index contributed by atoms with van der Waals surface area (Å²) in [5.41, 5.74) is 8.39. The molecular formula is C15H23BrN2. The van der Waals surface area contributed by atoms with Gasteiger partial charge in [-0.3, -0.25) is 0 Å². The summed E-state index contributed by atoms with van der Waals surface area (Å²) >= 11 is 3.57. The maximum atomic E-state index is 5.86. The van der Waals surface area contributed by atoms with Crippen LogP contribution in [0.2, 0.25) is 0 Å². The molecule has 2 N–H and O–H groups in total. The van der Waals surface area contributed by atoms with Crippen molar-refractivity contribution in [3.63, 3.8) is 0 Å². The first-order valence-corrected chi connectivity index (χ1v) is 7.73. The zero-order valence-corrected chi connectivity index (χ0v) is 12.7. The molecule has 100 valence electrons. The third kappa shape index (κ3) is 3.27. The molecule has 1 aliphatic rings. The Morgan fingerprint density at radius 3 is 2.50 bits per heavy atom. The second kappa shape index (κ2) is 6.58. The van der Waals surface area contributed by atoms with Crippen molar-refractivity contribution in [2.75, 3.05) is 11.9 Å². The van der Waals surface area contributed by atoms with E-state index in [2.05, 4.69) is 46.1 Å². The van der Waals surface area contributed by atoms with Gasteiger partial charge in [0.05, 0.1) is 0 Å². The third-order valence-corrected chi connectivity index (χ3v) is 4.51. The highest BCUT2D eigenvalue weighted by Crippen LogP contribution is 2.30. The summed E-state index contributed by atoms with van der Waals surface area (Å²) in [7, 11) is 2.22. The van der Waals surface area contributed by atoms with Gasteiger partial charge in [-0.15, -0.1) is 0 Å². The van der Waals surface area contributed by atoms with E-state index in [1.807, 2.05) is 0 Å². The standard InChI is InChI=1S/C15H23BrN2/c1-18(14-6-4-2-3-5-7-14)15-10-13(16)9-8-12(15)11-17/h8-10,14H,2-7,11,17H2,1H3. The lowest BCUT2D eigenvalue weighted by Crippen LogP contribution is -2.32. The summed E-state index contributed by atoms with van der Waals surface area (Å²) in [6.07, 6.45) is 8.14. The molecule has 0 spiro atoms. The molecule has 0 atom stereocenters. The molecule has 1 aromatic carbocycles. The van der Waals surface area contributed by atoms with Gasteiger partial charge >= 0.3 is 0 Å². The summed E-state index contributed by atoms with van der Waals surface area (Å²) in [5, 5.41) is 0. The molecule has 0 saturated heterocycles.